The van der Waals surface area contributed by atoms with Crippen LogP contribution >= 0.6 is 15.9 Å². The van der Waals surface area contributed by atoms with E-state index in [0.717, 1.165) is 0 Å². The Labute approximate surface area is 121 Å². The first kappa shape index (κ1) is 15.6. The Bertz CT molecular complexity index is 463. The molecule has 0 saturated carbocycles. The monoisotopic (exact) mass is 327 g/mol. The smallest absolute Gasteiger partial charge is 0.254 e. The third-order valence-corrected chi connectivity index (χ3v) is 3.21. The molecule has 0 radical (unpaired) electrons. The second kappa shape index (κ2) is 7.23. The van der Waals surface area contributed by atoms with Crippen LogP contribution in [-0.4, -0.2) is 29.9 Å². The summed E-state index contributed by atoms with van der Waals surface area (Å²) in [6.07, 6.45) is 2.18. The highest BCUT2D eigenvalue weighted by molar-refractivity contribution is 9.10. The maximum Gasteiger partial charge on any atom is 0.254 e. The number of nitrogens with one attached hydrogen (secondary N) is 2. The molecule has 0 bridgehead atoms. The molecule has 1 aromatic rings. The topological polar surface area (TPSA) is 71.1 Å². The van der Waals surface area contributed by atoms with Gasteiger partial charge in [0, 0.05) is 13.2 Å². The molecule has 1 aromatic heterocycles. The van der Waals surface area contributed by atoms with E-state index in [0.29, 0.717) is 22.5 Å². The van der Waals surface area contributed by atoms with E-state index in [9.17, 15) is 9.59 Å². The van der Waals surface area contributed by atoms with Crippen molar-refractivity contribution in [2.24, 2.45) is 5.92 Å². The number of halogens is 1. The predicted molar refractivity (Wildman–Crippen MR) is 76.7 cm³/mol. The van der Waals surface area contributed by atoms with E-state index in [1.165, 1.54) is 0 Å². The SMILES string of the molecule is CNC(=O)C(CC(C)C)NC(=O)c1cccnc1Br. The molecule has 0 aromatic carbocycles. The molecule has 0 aliphatic carbocycles. The third-order valence-electron chi connectivity index (χ3n) is 2.58. The fourth-order valence-corrected chi connectivity index (χ4v) is 2.10. The molecule has 2 amide bonds. The second-order valence-electron chi connectivity index (χ2n) is 4.61. The van der Waals surface area contributed by atoms with Crippen molar-refractivity contribution in [1.82, 2.24) is 15.6 Å². The quantitative estimate of drug-likeness (QED) is 0.809. The maximum absolute atomic E-state index is 12.1. The molecule has 0 fully saturated rings. The molecule has 0 aliphatic heterocycles. The molecule has 5 nitrogen and oxygen atoms in total. The molecular weight excluding hydrogens is 310 g/mol. The molecule has 1 heterocycles. The lowest BCUT2D eigenvalue weighted by molar-refractivity contribution is -0.122. The molecule has 1 atom stereocenters. The van der Waals surface area contributed by atoms with Gasteiger partial charge in [0.2, 0.25) is 5.91 Å². The molecule has 1 rings (SSSR count). The summed E-state index contributed by atoms with van der Waals surface area (Å²) in [6, 6.07) is 2.80. The minimum Gasteiger partial charge on any atom is -0.357 e. The number of pyridine rings is 1. The van der Waals surface area contributed by atoms with E-state index in [2.05, 4.69) is 31.5 Å². The van der Waals surface area contributed by atoms with Crippen LogP contribution in [0.2, 0.25) is 0 Å². The van der Waals surface area contributed by atoms with Gasteiger partial charge in [-0.15, -0.1) is 0 Å². The molecule has 0 saturated heterocycles. The summed E-state index contributed by atoms with van der Waals surface area (Å²) < 4.78 is 0.465. The third kappa shape index (κ3) is 4.63. The van der Waals surface area contributed by atoms with E-state index in [1.807, 2.05) is 13.8 Å². The van der Waals surface area contributed by atoms with Gasteiger partial charge in [-0.05, 0) is 40.4 Å². The summed E-state index contributed by atoms with van der Waals surface area (Å²) in [5, 5.41) is 5.30. The van der Waals surface area contributed by atoms with Gasteiger partial charge in [0.15, 0.2) is 0 Å². The van der Waals surface area contributed by atoms with Gasteiger partial charge in [0.25, 0.3) is 5.91 Å². The second-order valence-corrected chi connectivity index (χ2v) is 5.36. The minimum atomic E-state index is -0.537. The van der Waals surface area contributed by atoms with Crippen LogP contribution < -0.4 is 10.6 Å². The summed E-state index contributed by atoms with van der Waals surface area (Å²) in [5.41, 5.74) is 0.417. The molecule has 6 heteroatoms. The Kier molecular flexibility index (Phi) is 5.95. The standard InChI is InChI=1S/C13H18BrN3O2/c1-8(2)7-10(13(19)15-3)17-12(18)9-5-4-6-16-11(9)14/h4-6,8,10H,7H2,1-3H3,(H,15,19)(H,17,18). The summed E-state index contributed by atoms with van der Waals surface area (Å²) in [7, 11) is 1.56. The van der Waals surface area contributed by atoms with Crippen molar-refractivity contribution >= 4 is 27.7 Å². The van der Waals surface area contributed by atoms with E-state index >= 15 is 0 Å². The van der Waals surface area contributed by atoms with Crippen molar-refractivity contribution in [3.63, 3.8) is 0 Å². The van der Waals surface area contributed by atoms with Gasteiger partial charge in [-0.1, -0.05) is 13.8 Å². The van der Waals surface area contributed by atoms with Gasteiger partial charge >= 0.3 is 0 Å². The summed E-state index contributed by atoms with van der Waals surface area (Å²) in [5.74, 6) is -0.198. The number of hydrogen-bond acceptors (Lipinski definition) is 3. The number of amides is 2. The lowest BCUT2D eigenvalue weighted by atomic mass is 10.0. The molecule has 0 spiro atoms. The number of carbonyl (C=O) groups is 2. The Morgan fingerprint density at radius 1 is 1.42 bits per heavy atom. The number of nitrogens with zero attached hydrogens (tertiary/aromatic N) is 1. The normalized spacial score (nSPS) is 12.1. The minimum absolute atomic E-state index is 0.193. The van der Waals surface area contributed by atoms with Gasteiger partial charge in [-0.25, -0.2) is 4.98 Å². The highest BCUT2D eigenvalue weighted by atomic mass is 79.9. The predicted octanol–water partition coefficient (Wildman–Crippen LogP) is 1.73. The van der Waals surface area contributed by atoms with E-state index in [4.69, 9.17) is 0 Å². The van der Waals surface area contributed by atoms with Crippen LogP contribution in [0.3, 0.4) is 0 Å². The first-order chi connectivity index (χ1) is 8.95. The van der Waals surface area contributed by atoms with Crippen molar-refractivity contribution in [2.45, 2.75) is 26.3 Å². The summed E-state index contributed by atoms with van der Waals surface area (Å²) in [4.78, 5) is 27.9. The van der Waals surface area contributed by atoms with Gasteiger partial charge in [-0.3, -0.25) is 9.59 Å². The fourth-order valence-electron chi connectivity index (χ4n) is 1.67. The zero-order valence-electron chi connectivity index (χ0n) is 11.2. The number of hydrogen-bond donors (Lipinski definition) is 2. The Morgan fingerprint density at radius 3 is 2.63 bits per heavy atom. The molecule has 2 N–H and O–H groups in total. The lowest BCUT2D eigenvalue weighted by Crippen LogP contribution is -2.46. The average molecular weight is 328 g/mol. The molecule has 0 aliphatic rings. The van der Waals surface area contributed by atoms with Gasteiger partial charge in [0.05, 0.1) is 5.56 Å². The van der Waals surface area contributed by atoms with Crippen molar-refractivity contribution in [2.75, 3.05) is 7.05 Å². The van der Waals surface area contributed by atoms with E-state index in [1.54, 1.807) is 25.4 Å². The van der Waals surface area contributed by atoms with Gasteiger partial charge < -0.3 is 10.6 Å². The van der Waals surface area contributed by atoms with Crippen LogP contribution in [0.4, 0.5) is 0 Å². The number of rotatable bonds is 5. The molecule has 104 valence electrons. The van der Waals surface area contributed by atoms with Gasteiger partial charge in [-0.2, -0.15) is 0 Å². The summed E-state index contributed by atoms with van der Waals surface area (Å²) in [6.45, 7) is 4.00. The van der Waals surface area contributed by atoms with Gasteiger partial charge in [0.1, 0.15) is 10.6 Å². The Hall–Kier alpha value is -1.43. The summed E-state index contributed by atoms with van der Waals surface area (Å²) >= 11 is 3.22. The zero-order chi connectivity index (χ0) is 14.4. The van der Waals surface area contributed by atoms with Crippen LogP contribution in [0.5, 0.6) is 0 Å². The fraction of sp³-hybridized carbons (Fsp3) is 0.462. The molecule has 19 heavy (non-hydrogen) atoms. The highest BCUT2D eigenvalue weighted by Crippen LogP contribution is 2.13. The van der Waals surface area contributed by atoms with Crippen LogP contribution in [-0.2, 0) is 4.79 Å². The number of aromatic nitrogens is 1. The highest BCUT2D eigenvalue weighted by Gasteiger charge is 2.22. The Balaban J connectivity index is 2.82. The van der Waals surface area contributed by atoms with Crippen LogP contribution in [0, 0.1) is 5.92 Å². The van der Waals surface area contributed by atoms with Crippen molar-refractivity contribution in [3.8, 4) is 0 Å². The lowest BCUT2D eigenvalue weighted by Gasteiger charge is -2.19. The molecular formula is C13H18BrN3O2. The Morgan fingerprint density at radius 2 is 2.11 bits per heavy atom. The van der Waals surface area contributed by atoms with Crippen LogP contribution in [0.25, 0.3) is 0 Å². The molecule has 1 unspecified atom stereocenters. The van der Waals surface area contributed by atoms with Crippen molar-refractivity contribution < 1.29 is 9.59 Å². The van der Waals surface area contributed by atoms with E-state index in [-0.39, 0.29) is 11.8 Å². The van der Waals surface area contributed by atoms with Crippen molar-refractivity contribution in [3.05, 3.63) is 28.5 Å². The number of carbonyl (C=O) groups excluding carboxylic acids is 2. The maximum atomic E-state index is 12.1. The van der Waals surface area contributed by atoms with Crippen molar-refractivity contribution in [1.29, 1.82) is 0 Å². The van der Waals surface area contributed by atoms with Crippen LogP contribution in [0.15, 0.2) is 22.9 Å². The van der Waals surface area contributed by atoms with E-state index < -0.39 is 6.04 Å². The zero-order valence-corrected chi connectivity index (χ0v) is 12.8. The largest absolute Gasteiger partial charge is 0.357 e. The first-order valence-electron chi connectivity index (χ1n) is 6.08. The first-order valence-corrected chi connectivity index (χ1v) is 6.88. The average Bonchev–Trinajstić information content (AvgIpc) is 2.36. The van der Waals surface area contributed by atoms with Crippen LogP contribution in [0.1, 0.15) is 30.6 Å². The number of likely N-dealkylation sites (N-methyl/N-ethyl adjacent to an activating group) is 1.